The molecule has 2 N–H and O–H groups in total. The van der Waals surface area contributed by atoms with E-state index < -0.39 is 0 Å². The smallest absolute Gasteiger partial charge is 0.237 e. The van der Waals surface area contributed by atoms with Gasteiger partial charge < -0.3 is 15.5 Å². The number of rotatable bonds is 7. The number of amides is 1. The molecule has 6 aliphatic rings. The molecule has 2 saturated heterocycles. The van der Waals surface area contributed by atoms with Crippen LogP contribution in [0.4, 0.5) is 0 Å². The number of nitrogens with zero attached hydrogens (tertiary/aromatic N) is 2. The molecular weight excluding hydrogens is 372 g/mol. The quantitative estimate of drug-likeness (QED) is 0.670. The van der Waals surface area contributed by atoms with Gasteiger partial charge in [-0.3, -0.25) is 9.69 Å². The molecule has 0 aromatic carbocycles. The second kappa shape index (κ2) is 9.07. The third-order valence-electron chi connectivity index (χ3n) is 9.21. The summed E-state index contributed by atoms with van der Waals surface area (Å²) in [5.41, 5.74) is 0. The molecule has 2 atom stereocenters. The number of carbonyl (C=O) groups excluding carboxylic acids is 1. The molecule has 2 aliphatic heterocycles. The highest BCUT2D eigenvalue weighted by atomic mass is 16.2. The van der Waals surface area contributed by atoms with Gasteiger partial charge in [0, 0.05) is 31.2 Å². The minimum absolute atomic E-state index is 0.0713. The molecule has 2 heterocycles. The maximum absolute atomic E-state index is 13.0. The maximum Gasteiger partial charge on any atom is 0.237 e. The van der Waals surface area contributed by atoms with Crippen LogP contribution in [-0.2, 0) is 4.79 Å². The van der Waals surface area contributed by atoms with Crippen molar-refractivity contribution in [1.82, 2.24) is 20.4 Å². The van der Waals surface area contributed by atoms with E-state index in [1.807, 2.05) is 6.92 Å². The first-order valence-corrected chi connectivity index (χ1v) is 13.2. The van der Waals surface area contributed by atoms with Crippen molar-refractivity contribution in [2.45, 2.75) is 95.8 Å². The van der Waals surface area contributed by atoms with Crippen LogP contribution in [0.25, 0.3) is 0 Å². The topological polar surface area (TPSA) is 47.6 Å². The molecule has 0 unspecified atom stereocenters. The summed E-state index contributed by atoms with van der Waals surface area (Å²) in [5.74, 6) is 4.15. The molecule has 0 aromatic rings. The number of nitrogens with one attached hydrogen (secondary N) is 2. The zero-order chi connectivity index (χ0) is 20.7. The van der Waals surface area contributed by atoms with Gasteiger partial charge in [-0.2, -0.15) is 0 Å². The van der Waals surface area contributed by atoms with E-state index in [-0.39, 0.29) is 11.9 Å². The van der Waals surface area contributed by atoms with Crippen LogP contribution in [0.2, 0.25) is 0 Å². The minimum Gasteiger partial charge on any atom is -0.355 e. The summed E-state index contributed by atoms with van der Waals surface area (Å²) in [7, 11) is 0. The summed E-state index contributed by atoms with van der Waals surface area (Å²) in [4.78, 5) is 18.2. The van der Waals surface area contributed by atoms with Gasteiger partial charge in [0.2, 0.25) is 5.91 Å². The van der Waals surface area contributed by atoms with Gasteiger partial charge in [0.15, 0.2) is 0 Å². The van der Waals surface area contributed by atoms with E-state index in [0.29, 0.717) is 12.1 Å². The van der Waals surface area contributed by atoms with E-state index >= 15 is 0 Å². The summed E-state index contributed by atoms with van der Waals surface area (Å²) >= 11 is 0. The summed E-state index contributed by atoms with van der Waals surface area (Å²) in [5, 5.41) is 7.30. The van der Waals surface area contributed by atoms with E-state index in [0.717, 1.165) is 49.2 Å². The summed E-state index contributed by atoms with van der Waals surface area (Å²) in [6.07, 6.45) is 12.1. The van der Waals surface area contributed by atoms with Crippen LogP contribution in [0.5, 0.6) is 0 Å². The normalized spacial score (nSPS) is 42.1. The Labute approximate surface area is 183 Å². The molecule has 170 valence electrons. The fourth-order valence-electron chi connectivity index (χ4n) is 8.20. The van der Waals surface area contributed by atoms with Crippen molar-refractivity contribution in [3.05, 3.63) is 0 Å². The molecule has 6 rings (SSSR count). The fraction of sp³-hybridized carbons (Fsp3) is 0.960. The highest BCUT2D eigenvalue weighted by Gasteiger charge is 2.50. The average molecular weight is 417 g/mol. The molecule has 6 fully saturated rings. The van der Waals surface area contributed by atoms with Crippen LogP contribution < -0.4 is 10.6 Å². The highest BCUT2D eigenvalue weighted by Crippen LogP contribution is 2.54. The van der Waals surface area contributed by atoms with Crippen LogP contribution in [0.1, 0.15) is 71.6 Å². The average Bonchev–Trinajstić information content (AvgIpc) is 3.15. The molecule has 0 radical (unpaired) electrons. The lowest BCUT2D eigenvalue weighted by molar-refractivity contribution is -0.126. The molecule has 5 nitrogen and oxygen atoms in total. The predicted molar refractivity (Wildman–Crippen MR) is 121 cm³/mol. The van der Waals surface area contributed by atoms with E-state index in [2.05, 4.69) is 27.4 Å². The van der Waals surface area contributed by atoms with Gasteiger partial charge in [0.05, 0.1) is 6.04 Å². The van der Waals surface area contributed by atoms with Crippen LogP contribution in [0, 0.1) is 23.7 Å². The van der Waals surface area contributed by atoms with E-state index in [1.165, 1.54) is 71.0 Å². The predicted octanol–water partition coefficient (Wildman–Crippen LogP) is 2.85. The Kier molecular flexibility index (Phi) is 6.41. The fourth-order valence-corrected chi connectivity index (χ4v) is 8.20. The largest absolute Gasteiger partial charge is 0.355 e. The molecule has 0 spiro atoms. The number of hydrogen-bond acceptors (Lipinski definition) is 4. The van der Waals surface area contributed by atoms with Gasteiger partial charge in [-0.05, 0) is 108 Å². The molecular formula is C25H44N4O. The van der Waals surface area contributed by atoms with Crippen molar-refractivity contribution in [2.75, 3.05) is 32.7 Å². The Morgan fingerprint density at radius 2 is 1.60 bits per heavy atom. The standard InChI is InChI=1S/C25H44N4O/c1-3-7-28-8-5-22(6-9-28)29-16-21(15-23(29)25(30)26-4-2)27-24-19-11-17-10-18(13-19)14-20(24)12-17/h17-24,27H,3-16H2,1-2H3,(H,26,30)/t17?,18?,19?,20?,21-,23-,24?/m0/s1. The highest BCUT2D eigenvalue weighted by molar-refractivity contribution is 5.82. The van der Waals surface area contributed by atoms with Gasteiger partial charge in [-0.25, -0.2) is 0 Å². The Hall–Kier alpha value is -0.650. The lowest BCUT2D eigenvalue weighted by Crippen LogP contribution is -2.57. The van der Waals surface area contributed by atoms with Crippen LogP contribution in [-0.4, -0.2) is 72.6 Å². The number of piperidine rings is 1. The third-order valence-corrected chi connectivity index (χ3v) is 9.21. The van der Waals surface area contributed by atoms with Crippen molar-refractivity contribution >= 4 is 5.91 Å². The first-order valence-electron chi connectivity index (χ1n) is 13.2. The Bertz CT molecular complexity index is 574. The first-order chi connectivity index (χ1) is 14.6. The Morgan fingerprint density at radius 3 is 2.20 bits per heavy atom. The lowest BCUT2D eigenvalue weighted by atomic mass is 9.54. The van der Waals surface area contributed by atoms with Crippen LogP contribution >= 0.6 is 0 Å². The SMILES string of the molecule is CCCN1CCC(N2C[C@@H](NC3C4CC5CC(C4)CC3C5)C[C@H]2C(=O)NCC)CC1. The van der Waals surface area contributed by atoms with E-state index in [4.69, 9.17) is 0 Å². The summed E-state index contributed by atoms with van der Waals surface area (Å²) in [6, 6.07) is 1.87. The van der Waals surface area contributed by atoms with Crippen LogP contribution in [0.3, 0.4) is 0 Å². The van der Waals surface area contributed by atoms with Crippen molar-refractivity contribution < 1.29 is 4.79 Å². The van der Waals surface area contributed by atoms with Gasteiger partial charge >= 0.3 is 0 Å². The zero-order valence-corrected chi connectivity index (χ0v) is 19.3. The first kappa shape index (κ1) is 21.2. The molecule has 30 heavy (non-hydrogen) atoms. The lowest BCUT2D eigenvalue weighted by Gasteiger charge is -2.55. The number of likely N-dealkylation sites (N-methyl/N-ethyl adjacent to an activating group) is 1. The van der Waals surface area contributed by atoms with Crippen molar-refractivity contribution in [2.24, 2.45) is 23.7 Å². The molecule has 4 bridgehead atoms. The molecule has 4 saturated carbocycles. The third kappa shape index (κ3) is 4.19. The van der Waals surface area contributed by atoms with Gasteiger partial charge in [0.25, 0.3) is 0 Å². The summed E-state index contributed by atoms with van der Waals surface area (Å²) in [6.45, 7) is 9.76. The minimum atomic E-state index is 0.0713. The van der Waals surface area contributed by atoms with E-state index in [9.17, 15) is 4.79 Å². The van der Waals surface area contributed by atoms with Crippen LogP contribution in [0.15, 0.2) is 0 Å². The van der Waals surface area contributed by atoms with Crippen molar-refractivity contribution in [1.29, 1.82) is 0 Å². The molecule has 4 aliphatic carbocycles. The maximum atomic E-state index is 13.0. The Balaban J connectivity index is 1.23. The van der Waals surface area contributed by atoms with Gasteiger partial charge in [0.1, 0.15) is 0 Å². The molecule has 5 heteroatoms. The summed E-state index contributed by atoms with van der Waals surface area (Å²) < 4.78 is 0. The number of hydrogen-bond donors (Lipinski definition) is 2. The van der Waals surface area contributed by atoms with Gasteiger partial charge in [-0.15, -0.1) is 0 Å². The molecule has 1 amide bonds. The monoisotopic (exact) mass is 416 g/mol. The number of likely N-dealkylation sites (tertiary alicyclic amines) is 2. The second-order valence-corrected chi connectivity index (χ2v) is 11.2. The molecule has 0 aromatic heterocycles. The zero-order valence-electron chi connectivity index (χ0n) is 19.3. The van der Waals surface area contributed by atoms with Gasteiger partial charge in [-0.1, -0.05) is 6.92 Å². The van der Waals surface area contributed by atoms with Crippen molar-refractivity contribution in [3.8, 4) is 0 Å². The number of carbonyl (C=O) groups is 1. The Morgan fingerprint density at radius 1 is 0.933 bits per heavy atom. The second-order valence-electron chi connectivity index (χ2n) is 11.2. The van der Waals surface area contributed by atoms with E-state index in [1.54, 1.807) is 0 Å². The van der Waals surface area contributed by atoms with Crippen molar-refractivity contribution in [3.63, 3.8) is 0 Å².